The summed E-state index contributed by atoms with van der Waals surface area (Å²) in [6.07, 6.45) is 2.46. The average molecular weight is 420 g/mol. The van der Waals surface area contributed by atoms with E-state index < -0.39 is 5.97 Å². The Morgan fingerprint density at radius 2 is 1.58 bits per heavy atom. The van der Waals surface area contributed by atoms with E-state index in [9.17, 15) is 4.79 Å². The fourth-order valence-electron chi connectivity index (χ4n) is 3.35. The highest BCUT2D eigenvalue weighted by molar-refractivity contribution is 5.78. The summed E-state index contributed by atoms with van der Waals surface area (Å²) in [6.45, 7) is 5.81. The summed E-state index contributed by atoms with van der Waals surface area (Å²) in [5.41, 5.74) is 3.74. The molecule has 0 fully saturated rings. The Morgan fingerprint density at radius 3 is 2.16 bits per heavy atom. The number of hydrogen-bond acceptors (Lipinski definition) is 5. The van der Waals surface area contributed by atoms with E-state index in [1.165, 1.54) is 0 Å². The number of ether oxygens (including phenoxy) is 1. The van der Waals surface area contributed by atoms with E-state index in [1.54, 1.807) is 0 Å². The topological polar surface area (TPSA) is 75.5 Å². The van der Waals surface area contributed by atoms with Crippen molar-refractivity contribution in [2.75, 3.05) is 24.7 Å². The molecule has 6 heteroatoms. The third kappa shape index (κ3) is 6.36. The number of aliphatic carboxylic acids is 1. The molecule has 3 aromatic rings. The van der Waals surface area contributed by atoms with Gasteiger partial charge in [0.15, 0.2) is 0 Å². The first-order valence-electron chi connectivity index (χ1n) is 10.6. The largest absolute Gasteiger partial charge is 0.481 e. The molecule has 0 saturated heterocycles. The van der Waals surface area contributed by atoms with Crippen molar-refractivity contribution in [3.63, 3.8) is 0 Å². The molecule has 162 valence electrons. The zero-order valence-corrected chi connectivity index (χ0v) is 18.1. The van der Waals surface area contributed by atoms with E-state index in [2.05, 4.69) is 18.7 Å². The number of nitrogens with zero attached hydrogens (tertiary/aromatic N) is 3. The quantitative estimate of drug-likeness (QED) is 0.445. The molecule has 1 heterocycles. The van der Waals surface area contributed by atoms with Gasteiger partial charge in [-0.3, -0.25) is 9.78 Å². The van der Waals surface area contributed by atoms with Gasteiger partial charge in [0.2, 0.25) is 0 Å². The Morgan fingerprint density at radius 1 is 0.968 bits per heavy atom. The van der Waals surface area contributed by atoms with E-state index >= 15 is 0 Å². The van der Waals surface area contributed by atoms with Crippen LogP contribution in [0.3, 0.4) is 0 Å². The molecule has 0 aliphatic heterocycles. The van der Waals surface area contributed by atoms with E-state index in [1.807, 2.05) is 66.9 Å². The van der Waals surface area contributed by atoms with Crippen LogP contribution in [0.4, 0.5) is 5.82 Å². The number of anilines is 1. The Bertz CT molecular complexity index is 962. The summed E-state index contributed by atoms with van der Waals surface area (Å²) >= 11 is 0. The summed E-state index contributed by atoms with van der Waals surface area (Å²) in [5.74, 6) is -0.00250. The van der Waals surface area contributed by atoms with Crippen molar-refractivity contribution in [2.45, 2.75) is 32.7 Å². The van der Waals surface area contributed by atoms with Crippen LogP contribution in [0.5, 0.6) is 0 Å². The summed E-state index contributed by atoms with van der Waals surface area (Å²) < 4.78 is 5.64. The van der Waals surface area contributed by atoms with Gasteiger partial charge < -0.3 is 14.7 Å². The lowest BCUT2D eigenvalue weighted by Gasteiger charge is -2.28. The van der Waals surface area contributed by atoms with Gasteiger partial charge in [-0.25, -0.2) is 4.98 Å². The Labute approximate surface area is 183 Å². The van der Waals surface area contributed by atoms with Crippen molar-refractivity contribution in [1.82, 2.24) is 9.97 Å². The number of hydrogen-bond donors (Lipinski definition) is 1. The molecule has 0 unspecified atom stereocenters. The number of rotatable bonds is 11. The second kappa shape index (κ2) is 11.2. The van der Waals surface area contributed by atoms with Crippen molar-refractivity contribution >= 4 is 11.8 Å². The Hall–Kier alpha value is -3.25. The van der Waals surface area contributed by atoms with Gasteiger partial charge >= 0.3 is 5.97 Å². The van der Waals surface area contributed by atoms with Crippen LogP contribution in [0.25, 0.3) is 22.5 Å². The Balaban J connectivity index is 1.83. The van der Waals surface area contributed by atoms with Crippen LogP contribution < -0.4 is 4.90 Å². The first-order valence-corrected chi connectivity index (χ1v) is 10.6. The number of aromatic nitrogens is 2. The number of carboxylic acids is 1. The lowest BCUT2D eigenvalue weighted by Crippen LogP contribution is -2.35. The van der Waals surface area contributed by atoms with E-state index in [-0.39, 0.29) is 12.5 Å². The summed E-state index contributed by atoms with van der Waals surface area (Å²) in [6, 6.07) is 20.4. The molecule has 6 nitrogen and oxygen atoms in total. The van der Waals surface area contributed by atoms with Crippen LogP contribution in [0.1, 0.15) is 26.7 Å². The second-order valence-corrected chi connectivity index (χ2v) is 7.55. The minimum absolute atomic E-state index is 0.126. The summed E-state index contributed by atoms with van der Waals surface area (Å²) in [7, 11) is 0. The van der Waals surface area contributed by atoms with Crippen LogP contribution >= 0.6 is 0 Å². The molecule has 0 radical (unpaired) electrons. The third-order valence-electron chi connectivity index (χ3n) is 4.93. The standard InChI is InChI=1S/C25H29N3O3/c1-19(2)28(15-17-31-16-9-14-23(29)30)22-18-26-24(20-10-5-3-6-11-20)25(27-22)21-12-7-4-8-13-21/h3-8,10-13,18-19H,9,14-17H2,1-2H3,(H,29,30). The zero-order chi connectivity index (χ0) is 22.1. The number of carboxylic acid groups (broad SMARTS) is 1. The van der Waals surface area contributed by atoms with Gasteiger partial charge in [0.25, 0.3) is 0 Å². The fraction of sp³-hybridized carbons (Fsp3) is 0.320. The first kappa shape index (κ1) is 22.4. The van der Waals surface area contributed by atoms with Gasteiger partial charge in [-0.1, -0.05) is 60.7 Å². The minimum atomic E-state index is -0.797. The lowest BCUT2D eigenvalue weighted by molar-refractivity contribution is -0.137. The maximum absolute atomic E-state index is 10.6. The predicted molar refractivity (Wildman–Crippen MR) is 123 cm³/mol. The van der Waals surface area contributed by atoms with Gasteiger partial charge in [0.1, 0.15) is 5.82 Å². The highest BCUT2D eigenvalue weighted by Crippen LogP contribution is 2.30. The SMILES string of the molecule is CC(C)N(CCOCCCC(=O)O)c1cnc(-c2ccccc2)c(-c2ccccc2)n1. The van der Waals surface area contributed by atoms with Crippen LogP contribution in [0.2, 0.25) is 0 Å². The Kier molecular flexibility index (Phi) is 8.12. The molecule has 0 aliphatic carbocycles. The molecular weight excluding hydrogens is 390 g/mol. The predicted octanol–water partition coefficient (Wildman–Crippen LogP) is 4.91. The fourth-order valence-corrected chi connectivity index (χ4v) is 3.35. The monoisotopic (exact) mass is 419 g/mol. The third-order valence-corrected chi connectivity index (χ3v) is 4.93. The van der Waals surface area contributed by atoms with Crippen LogP contribution in [0, 0.1) is 0 Å². The molecule has 0 amide bonds. The normalized spacial score (nSPS) is 10.9. The molecule has 0 atom stereocenters. The summed E-state index contributed by atoms with van der Waals surface area (Å²) in [5, 5.41) is 8.73. The molecule has 31 heavy (non-hydrogen) atoms. The summed E-state index contributed by atoms with van der Waals surface area (Å²) in [4.78, 5) is 22.6. The maximum Gasteiger partial charge on any atom is 0.303 e. The molecule has 3 rings (SSSR count). The first-order chi connectivity index (χ1) is 15.1. The molecular formula is C25H29N3O3. The van der Waals surface area contributed by atoms with Gasteiger partial charge in [0.05, 0.1) is 24.2 Å². The molecule has 0 spiro atoms. The van der Waals surface area contributed by atoms with Gasteiger partial charge in [-0.05, 0) is 20.3 Å². The van der Waals surface area contributed by atoms with Crippen molar-refractivity contribution in [3.05, 3.63) is 66.9 Å². The molecule has 0 bridgehead atoms. The van der Waals surface area contributed by atoms with E-state index in [0.717, 1.165) is 28.3 Å². The van der Waals surface area contributed by atoms with Gasteiger partial charge in [-0.15, -0.1) is 0 Å². The molecule has 1 aromatic heterocycles. The van der Waals surface area contributed by atoms with Crippen LogP contribution in [-0.2, 0) is 9.53 Å². The molecule has 2 aromatic carbocycles. The van der Waals surface area contributed by atoms with Crippen molar-refractivity contribution in [3.8, 4) is 22.5 Å². The molecule has 1 N–H and O–H groups in total. The molecule has 0 saturated carbocycles. The van der Waals surface area contributed by atoms with Crippen LogP contribution in [0.15, 0.2) is 66.9 Å². The highest BCUT2D eigenvalue weighted by Gasteiger charge is 2.17. The zero-order valence-electron chi connectivity index (χ0n) is 18.1. The smallest absolute Gasteiger partial charge is 0.303 e. The van der Waals surface area contributed by atoms with Crippen molar-refractivity contribution in [1.29, 1.82) is 0 Å². The number of benzene rings is 2. The van der Waals surface area contributed by atoms with Gasteiger partial charge in [0, 0.05) is 36.7 Å². The minimum Gasteiger partial charge on any atom is -0.481 e. The van der Waals surface area contributed by atoms with Gasteiger partial charge in [-0.2, -0.15) is 0 Å². The van der Waals surface area contributed by atoms with Crippen LogP contribution in [-0.4, -0.2) is 46.8 Å². The van der Waals surface area contributed by atoms with E-state index in [0.29, 0.717) is 26.2 Å². The molecule has 0 aliphatic rings. The number of carbonyl (C=O) groups is 1. The van der Waals surface area contributed by atoms with E-state index in [4.69, 9.17) is 19.8 Å². The highest BCUT2D eigenvalue weighted by atomic mass is 16.5. The maximum atomic E-state index is 10.6. The lowest BCUT2D eigenvalue weighted by atomic mass is 10.0. The van der Waals surface area contributed by atoms with Crippen molar-refractivity contribution < 1.29 is 14.6 Å². The van der Waals surface area contributed by atoms with Crippen molar-refractivity contribution in [2.24, 2.45) is 0 Å². The average Bonchev–Trinajstić information content (AvgIpc) is 2.79. The second-order valence-electron chi connectivity index (χ2n) is 7.55.